The first-order chi connectivity index (χ1) is 18.2. The quantitative estimate of drug-likeness (QED) is 0.313. The number of hydrogen-bond donors (Lipinski definition) is 4. The van der Waals surface area contributed by atoms with Crippen LogP contribution in [0, 0.1) is 5.92 Å². The fourth-order valence-corrected chi connectivity index (χ4v) is 6.76. The van der Waals surface area contributed by atoms with E-state index in [1.165, 1.54) is 22.5 Å². The molecule has 3 atom stereocenters. The average molecular weight is 547 g/mol. The molecule has 208 valence electrons. The molecule has 1 aliphatic heterocycles. The zero-order valence-electron chi connectivity index (χ0n) is 21.5. The number of ether oxygens (including phenoxy) is 2. The molecule has 0 unspecified atom stereocenters. The Balaban J connectivity index is 1.56. The number of nitrogens with zero attached hydrogens (tertiary/aromatic N) is 1. The molecule has 2 aromatic carbocycles. The van der Waals surface area contributed by atoms with Gasteiger partial charge in [-0.2, -0.15) is 4.31 Å². The molecule has 11 heteroatoms. The highest BCUT2D eigenvalue weighted by Crippen LogP contribution is 2.30. The molecule has 10 nitrogen and oxygen atoms in total. The molecule has 0 bridgehead atoms. The Morgan fingerprint density at radius 3 is 2.50 bits per heavy atom. The molecule has 4 rings (SSSR count). The molecule has 0 spiro atoms. The fourth-order valence-electron chi connectivity index (χ4n) is 5.13. The van der Waals surface area contributed by atoms with Crippen LogP contribution in [0.4, 0.5) is 16.2 Å². The van der Waals surface area contributed by atoms with E-state index < -0.39 is 34.6 Å². The van der Waals surface area contributed by atoms with Gasteiger partial charge in [-0.25, -0.2) is 13.2 Å². The van der Waals surface area contributed by atoms with E-state index in [9.17, 15) is 18.3 Å². The highest BCUT2D eigenvalue weighted by atomic mass is 32.2. The number of rotatable bonds is 11. The number of nitrogen functional groups attached to an aromatic ring is 2. The number of amides is 1. The van der Waals surface area contributed by atoms with Gasteiger partial charge in [-0.15, -0.1) is 0 Å². The predicted molar refractivity (Wildman–Crippen MR) is 145 cm³/mol. The van der Waals surface area contributed by atoms with Crippen LogP contribution in [-0.2, 0) is 25.9 Å². The maximum Gasteiger partial charge on any atom is 0.409 e. The van der Waals surface area contributed by atoms with Crippen LogP contribution in [0.25, 0.3) is 0 Å². The van der Waals surface area contributed by atoms with Crippen molar-refractivity contribution >= 4 is 27.5 Å². The summed E-state index contributed by atoms with van der Waals surface area (Å²) in [6.07, 6.45) is 3.03. The number of nitrogens with two attached hydrogens (primary N) is 2. The first-order valence-electron chi connectivity index (χ1n) is 13.2. The summed E-state index contributed by atoms with van der Waals surface area (Å²) < 4.78 is 39.6. The minimum Gasteiger partial charge on any atom is -0.420 e. The third kappa shape index (κ3) is 7.37. The summed E-state index contributed by atoms with van der Waals surface area (Å²) in [6, 6.07) is 12.9. The number of aliphatic hydroxyl groups excluding tert-OH is 1. The second-order valence-electron chi connectivity index (χ2n) is 10.1. The molecule has 1 saturated carbocycles. The Morgan fingerprint density at radius 2 is 1.84 bits per heavy atom. The molecule has 0 aromatic heterocycles. The number of hydrogen-bond acceptors (Lipinski definition) is 8. The summed E-state index contributed by atoms with van der Waals surface area (Å²) in [5, 5.41) is 14.1. The monoisotopic (exact) mass is 546 g/mol. The van der Waals surface area contributed by atoms with E-state index in [1.54, 1.807) is 0 Å². The van der Waals surface area contributed by atoms with Crippen molar-refractivity contribution in [2.75, 3.05) is 31.2 Å². The lowest BCUT2D eigenvalue weighted by molar-refractivity contribution is -0.0698. The van der Waals surface area contributed by atoms with Crippen molar-refractivity contribution in [3.63, 3.8) is 0 Å². The average Bonchev–Trinajstić information content (AvgIpc) is 3.58. The highest BCUT2D eigenvalue weighted by Gasteiger charge is 2.34. The van der Waals surface area contributed by atoms with Gasteiger partial charge in [0.05, 0.1) is 24.4 Å². The first kappa shape index (κ1) is 28.2. The van der Waals surface area contributed by atoms with Crippen LogP contribution < -0.4 is 16.8 Å². The Bertz CT molecular complexity index is 1170. The lowest BCUT2D eigenvalue weighted by atomic mass is 10.0. The van der Waals surface area contributed by atoms with Gasteiger partial charge in [0.1, 0.15) is 4.90 Å². The summed E-state index contributed by atoms with van der Waals surface area (Å²) in [5.41, 5.74) is 13.1. The Kier molecular flexibility index (Phi) is 9.48. The van der Waals surface area contributed by atoms with E-state index in [4.69, 9.17) is 20.9 Å². The minimum absolute atomic E-state index is 0.0509. The van der Waals surface area contributed by atoms with Crippen LogP contribution in [0.2, 0.25) is 0 Å². The second kappa shape index (κ2) is 12.8. The van der Waals surface area contributed by atoms with Crippen molar-refractivity contribution < 1.29 is 27.8 Å². The van der Waals surface area contributed by atoms with Gasteiger partial charge >= 0.3 is 6.09 Å². The first-order valence-corrected chi connectivity index (χ1v) is 14.6. The molecule has 1 saturated heterocycles. The van der Waals surface area contributed by atoms with Crippen LogP contribution in [-0.4, -0.2) is 62.1 Å². The molecule has 2 aromatic rings. The summed E-state index contributed by atoms with van der Waals surface area (Å²) in [5.74, 6) is 0.178. The fraction of sp³-hybridized carbons (Fsp3) is 0.519. The molecule has 38 heavy (non-hydrogen) atoms. The van der Waals surface area contributed by atoms with Gasteiger partial charge in [0.15, 0.2) is 0 Å². The smallest absolute Gasteiger partial charge is 0.409 e. The number of anilines is 2. The lowest BCUT2D eigenvalue weighted by Gasteiger charge is -2.31. The van der Waals surface area contributed by atoms with E-state index >= 15 is 0 Å². The Labute approximate surface area is 224 Å². The van der Waals surface area contributed by atoms with Crippen LogP contribution >= 0.6 is 0 Å². The number of carbonyl (C=O) groups excluding carboxylic acids is 1. The van der Waals surface area contributed by atoms with Gasteiger partial charge in [0.25, 0.3) is 0 Å². The summed E-state index contributed by atoms with van der Waals surface area (Å²) in [6.45, 7) is 0.554. The zero-order chi connectivity index (χ0) is 27.1. The number of benzene rings is 2. The van der Waals surface area contributed by atoms with E-state index in [0.29, 0.717) is 18.7 Å². The molecule has 6 N–H and O–H groups in total. The summed E-state index contributed by atoms with van der Waals surface area (Å²) in [4.78, 5) is 12.6. The third-order valence-electron chi connectivity index (χ3n) is 7.17. The van der Waals surface area contributed by atoms with E-state index in [0.717, 1.165) is 37.7 Å². The van der Waals surface area contributed by atoms with Crippen molar-refractivity contribution in [1.82, 2.24) is 9.62 Å². The molecule has 2 aliphatic rings. The van der Waals surface area contributed by atoms with Gasteiger partial charge in [0.2, 0.25) is 16.3 Å². The molecule has 1 aliphatic carbocycles. The van der Waals surface area contributed by atoms with E-state index in [-0.39, 0.29) is 36.0 Å². The maximum absolute atomic E-state index is 13.8. The Hall–Kier alpha value is -2.86. The predicted octanol–water partition coefficient (Wildman–Crippen LogP) is 2.87. The Morgan fingerprint density at radius 1 is 1.11 bits per heavy atom. The lowest BCUT2D eigenvalue weighted by Crippen LogP contribution is -2.51. The summed E-state index contributed by atoms with van der Waals surface area (Å²) >= 11 is 0. The zero-order valence-corrected chi connectivity index (χ0v) is 22.3. The molecule has 0 radical (unpaired) electrons. The maximum atomic E-state index is 13.8. The second-order valence-corrected chi connectivity index (χ2v) is 12.0. The van der Waals surface area contributed by atoms with Crippen molar-refractivity contribution in [3.8, 4) is 0 Å². The van der Waals surface area contributed by atoms with Crippen LogP contribution in [0.15, 0.2) is 53.4 Å². The van der Waals surface area contributed by atoms with Crippen LogP contribution in [0.3, 0.4) is 0 Å². The minimum atomic E-state index is -4.06. The SMILES string of the molecule is Nc1ccc(S(=O)(=O)N(CC2CCCC2)C[C@H](O)[C@H](Cc2ccccc2)NC(=O)O[C@H]2CCCO2)c(N)c1. The standard InChI is InChI=1S/C27H38N4O6S/c28-21-12-13-25(22(29)16-21)38(34,35)31(17-20-9-4-5-10-20)18-24(32)23(15-19-7-2-1-3-8-19)30-27(33)37-26-11-6-14-36-26/h1-3,7-8,12-13,16,20,23-24,26,32H,4-6,9-11,14-15,17-18,28-29H2,(H,30,33)/t23-,24-,26-/m0/s1. The largest absolute Gasteiger partial charge is 0.420 e. The van der Waals surface area contributed by atoms with Crippen molar-refractivity contribution in [2.45, 2.75) is 68.3 Å². The number of carbonyl (C=O) groups is 1. The molecular formula is C27H38N4O6S. The van der Waals surface area contributed by atoms with Crippen LogP contribution in [0.5, 0.6) is 0 Å². The molecule has 1 amide bonds. The topological polar surface area (TPSA) is 157 Å². The molecule has 2 fully saturated rings. The molecule has 1 heterocycles. The van der Waals surface area contributed by atoms with Gasteiger partial charge in [-0.3, -0.25) is 0 Å². The highest BCUT2D eigenvalue weighted by molar-refractivity contribution is 7.89. The van der Waals surface area contributed by atoms with Crippen molar-refractivity contribution in [3.05, 3.63) is 54.1 Å². The normalized spacial score (nSPS) is 19.9. The summed E-state index contributed by atoms with van der Waals surface area (Å²) in [7, 11) is -4.06. The van der Waals surface area contributed by atoms with E-state index in [2.05, 4.69) is 5.32 Å². The third-order valence-corrected chi connectivity index (χ3v) is 9.08. The number of aliphatic hydroxyl groups is 1. The van der Waals surface area contributed by atoms with Gasteiger partial charge in [-0.1, -0.05) is 43.2 Å². The number of sulfonamides is 1. The van der Waals surface area contributed by atoms with E-state index in [1.807, 2.05) is 30.3 Å². The van der Waals surface area contributed by atoms with Gasteiger partial charge < -0.3 is 31.4 Å². The molecular weight excluding hydrogens is 508 g/mol. The van der Waals surface area contributed by atoms with Crippen molar-refractivity contribution in [1.29, 1.82) is 0 Å². The van der Waals surface area contributed by atoms with Crippen LogP contribution in [0.1, 0.15) is 44.1 Å². The van der Waals surface area contributed by atoms with Gasteiger partial charge in [0, 0.05) is 25.2 Å². The van der Waals surface area contributed by atoms with Gasteiger partial charge in [-0.05, 0) is 55.4 Å². The number of alkyl carbamates (subject to hydrolysis) is 1. The van der Waals surface area contributed by atoms with Crippen molar-refractivity contribution in [2.24, 2.45) is 5.92 Å². The number of nitrogens with one attached hydrogen (secondary N) is 1.